The van der Waals surface area contributed by atoms with Crippen LogP contribution in [0.5, 0.6) is 0 Å². The molecule has 1 aliphatic carbocycles. The van der Waals surface area contributed by atoms with Crippen molar-refractivity contribution in [2.24, 2.45) is 0 Å². The van der Waals surface area contributed by atoms with Crippen molar-refractivity contribution in [3.63, 3.8) is 0 Å². The molecule has 1 fully saturated rings. The third-order valence-corrected chi connectivity index (χ3v) is 4.96. The molecule has 16 heavy (non-hydrogen) atoms. The Morgan fingerprint density at radius 2 is 2.25 bits per heavy atom. The van der Waals surface area contributed by atoms with Crippen LogP contribution < -0.4 is 0 Å². The van der Waals surface area contributed by atoms with Crippen molar-refractivity contribution in [1.82, 2.24) is 8.88 Å². The van der Waals surface area contributed by atoms with Crippen LogP contribution in [0.4, 0.5) is 4.39 Å². The summed E-state index contributed by atoms with van der Waals surface area (Å²) in [5, 5.41) is 1.19. The molecule has 1 heterocycles. The van der Waals surface area contributed by atoms with Crippen molar-refractivity contribution in [2.75, 3.05) is 14.1 Å². The first-order valence-electron chi connectivity index (χ1n) is 5.38. The van der Waals surface area contributed by atoms with Crippen molar-refractivity contribution < 1.29 is 4.39 Å². The van der Waals surface area contributed by atoms with E-state index in [-0.39, 0.29) is 20.5 Å². The SMILES string of the molecule is CN(C)C1CC1c1n[se]c2cc(F)ccc12. The summed E-state index contributed by atoms with van der Waals surface area (Å²) in [4.78, 5) is 2.25. The molecule has 0 spiro atoms. The number of halogens is 1. The van der Waals surface area contributed by atoms with Gasteiger partial charge in [0.15, 0.2) is 0 Å². The standard InChI is InChI=1S/C12H13FN2Se/c1-15(2)10-6-9(10)12-8-4-3-7(13)5-11(8)16-14-12/h3-5,9-10H,6H2,1-2H3. The minimum atomic E-state index is -0.142. The van der Waals surface area contributed by atoms with Crippen LogP contribution in [0.3, 0.4) is 0 Å². The van der Waals surface area contributed by atoms with E-state index in [1.807, 2.05) is 6.07 Å². The van der Waals surface area contributed by atoms with Crippen molar-refractivity contribution in [3.05, 3.63) is 29.7 Å². The summed E-state index contributed by atoms with van der Waals surface area (Å²) in [5.74, 6) is 0.431. The van der Waals surface area contributed by atoms with Gasteiger partial charge >= 0.3 is 99.8 Å². The average Bonchev–Trinajstić information content (AvgIpc) is 2.93. The van der Waals surface area contributed by atoms with Crippen LogP contribution in [0.25, 0.3) is 9.65 Å². The monoisotopic (exact) mass is 284 g/mol. The van der Waals surface area contributed by atoms with E-state index in [1.165, 1.54) is 17.5 Å². The third kappa shape index (κ3) is 1.61. The molecule has 4 heteroatoms. The maximum atomic E-state index is 13.1. The van der Waals surface area contributed by atoms with Crippen molar-refractivity contribution in [2.45, 2.75) is 18.4 Å². The Balaban J connectivity index is 2.00. The molecule has 0 aliphatic heterocycles. The van der Waals surface area contributed by atoms with Crippen molar-refractivity contribution in [1.29, 1.82) is 0 Å². The number of rotatable bonds is 2. The van der Waals surface area contributed by atoms with E-state index in [1.54, 1.807) is 12.1 Å². The van der Waals surface area contributed by atoms with Crippen LogP contribution in [-0.4, -0.2) is 43.7 Å². The number of benzene rings is 1. The number of hydrogen-bond acceptors (Lipinski definition) is 2. The Bertz CT molecular complexity index is 535. The molecule has 1 aromatic carbocycles. The Hall–Kier alpha value is -0.701. The molecule has 0 amide bonds. The fourth-order valence-electron chi connectivity index (χ4n) is 2.24. The van der Waals surface area contributed by atoms with Crippen LogP contribution >= 0.6 is 0 Å². The number of nitrogens with zero attached hydrogens (tertiary/aromatic N) is 2. The first-order chi connectivity index (χ1) is 7.66. The van der Waals surface area contributed by atoms with Gasteiger partial charge in [-0.1, -0.05) is 0 Å². The van der Waals surface area contributed by atoms with Gasteiger partial charge in [0.2, 0.25) is 0 Å². The molecule has 2 aromatic rings. The topological polar surface area (TPSA) is 16.1 Å². The molecular formula is C12H13FN2Se. The van der Waals surface area contributed by atoms with E-state index in [9.17, 15) is 4.39 Å². The van der Waals surface area contributed by atoms with E-state index < -0.39 is 0 Å². The van der Waals surface area contributed by atoms with E-state index in [0.29, 0.717) is 12.0 Å². The van der Waals surface area contributed by atoms with Gasteiger partial charge in [0.25, 0.3) is 0 Å². The second-order valence-corrected chi connectivity index (χ2v) is 6.27. The summed E-state index contributed by atoms with van der Waals surface area (Å²) in [6.45, 7) is 0. The van der Waals surface area contributed by atoms with E-state index in [2.05, 4.69) is 23.0 Å². The van der Waals surface area contributed by atoms with Crippen LogP contribution in [0.2, 0.25) is 0 Å². The second-order valence-electron chi connectivity index (χ2n) is 4.58. The fraction of sp³-hybridized carbons (Fsp3) is 0.417. The van der Waals surface area contributed by atoms with E-state index in [0.717, 1.165) is 4.26 Å². The molecule has 2 atom stereocenters. The maximum absolute atomic E-state index is 13.1. The molecule has 0 bridgehead atoms. The van der Waals surface area contributed by atoms with Crippen LogP contribution in [0, 0.1) is 5.82 Å². The quantitative estimate of drug-likeness (QED) is 0.782. The summed E-state index contributed by atoms with van der Waals surface area (Å²) in [5.41, 5.74) is 1.22. The zero-order chi connectivity index (χ0) is 11.3. The van der Waals surface area contributed by atoms with Crippen molar-refractivity contribution >= 4 is 24.4 Å². The van der Waals surface area contributed by atoms with Crippen LogP contribution in [-0.2, 0) is 0 Å². The normalized spacial score (nSPS) is 24.2. The summed E-state index contributed by atoms with van der Waals surface area (Å²) >= 11 is 0.0895. The minimum absolute atomic E-state index is 0.0895. The molecule has 1 aliphatic rings. The molecule has 1 aromatic heterocycles. The molecule has 2 nitrogen and oxygen atoms in total. The molecular weight excluding hydrogens is 270 g/mol. The second kappa shape index (κ2) is 3.66. The summed E-state index contributed by atoms with van der Waals surface area (Å²) in [6, 6.07) is 5.70. The molecule has 0 N–H and O–H groups in total. The van der Waals surface area contributed by atoms with Gasteiger partial charge in [-0.15, -0.1) is 0 Å². The van der Waals surface area contributed by atoms with Crippen molar-refractivity contribution in [3.8, 4) is 0 Å². The third-order valence-electron chi connectivity index (χ3n) is 3.23. The van der Waals surface area contributed by atoms with Gasteiger partial charge in [0.1, 0.15) is 0 Å². The first kappa shape index (κ1) is 10.5. The number of hydrogen-bond donors (Lipinski definition) is 0. The molecule has 1 saturated carbocycles. The Morgan fingerprint density at radius 3 is 2.94 bits per heavy atom. The van der Waals surface area contributed by atoms with Gasteiger partial charge in [0.05, 0.1) is 0 Å². The van der Waals surface area contributed by atoms with Gasteiger partial charge in [-0.05, 0) is 0 Å². The van der Waals surface area contributed by atoms with E-state index >= 15 is 0 Å². The number of aromatic nitrogens is 1. The Labute approximate surface area is 100 Å². The van der Waals surface area contributed by atoms with Crippen LogP contribution in [0.15, 0.2) is 18.2 Å². The predicted molar refractivity (Wildman–Crippen MR) is 63.5 cm³/mol. The van der Waals surface area contributed by atoms with Gasteiger partial charge in [0, 0.05) is 0 Å². The first-order valence-corrected chi connectivity index (χ1v) is 7.00. The van der Waals surface area contributed by atoms with Gasteiger partial charge in [-0.3, -0.25) is 0 Å². The molecule has 3 rings (SSSR count). The average molecular weight is 283 g/mol. The fourth-order valence-corrected chi connectivity index (χ4v) is 4.06. The van der Waals surface area contributed by atoms with Gasteiger partial charge < -0.3 is 0 Å². The molecule has 0 saturated heterocycles. The van der Waals surface area contributed by atoms with Gasteiger partial charge in [-0.2, -0.15) is 0 Å². The molecule has 0 radical (unpaired) electrons. The number of likely N-dealkylation sites (N-methyl/N-ethyl adjacent to an activating group) is 1. The van der Waals surface area contributed by atoms with E-state index in [4.69, 9.17) is 0 Å². The Kier molecular flexibility index (Phi) is 2.39. The van der Waals surface area contributed by atoms with Crippen LogP contribution in [0.1, 0.15) is 18.0 Å². The molecule has 84 valence electrons. The molecule has 2 unspecified atom stereocenters. The van der Waals surface area contributed by atoms with Gasteiger partial charge in [-0.25, -0.2) is 0 Å². The number of fused-ring (bicyclic) bond motifs is 1. The zero-order valence-corrected chi connectivity index (χ0v) is 11.0. The predicted octanol–water partition coefficient (Wildman–Crippen LogP) is 1.85. The summed E-state index contributed by atoms with van der Waals surface area (Å²) in [7, 11) is 4.22. The zero-order valence-electron chi connectivity index (χ0n) is 9.27. The Morgan fingerprint density at radius 1 is 1.44 bits per heavy atom. The summed E-state index contributed by atoms with van der Waals surface area (Å²) in [6.07, 6.45) is 1.19. The summed E-state index contributed by atoms with van der Waals surface area (Å²) < 4.78 is 18.8.